The maximum atomic E-state index is 11.7. The van der Waals surface area contributed by atoms with Crippen molar-refractivity contribution in [2.24, 2.45) is 0 Å². The monoisotopic (exact) mass is 351 g/mol. The van der Waals surface area contributed by atoms with Crippen molar-refractivity contribution in [1.82, 2.24) is 15.1 Å². The summed E-state index contributed by atoms with van der Waals surface area (Å²) in [5.41, 5.74) is 4.94. The van der Waals surface area contributed by atoms with Gasteiger partial charge in [-0.1, -0.05) is 11.6 Å². The van der Waals surface area contributed by atoms with E-state index >= 15 is 0 Å². The fourth-order valence-electron chi connectivity index (χ4n) is 3.87. The van der Waals surface area contributed by atoms with Crippen molar-refractivity contribution in [1.29, 1.82) is 0 Å². The minimum absolute atomic E-state index is 0.00912. The predicted molar refractivity (Wildman–Crippen MR) is 96.9 cm³/mol. The number of sulfone groups is 1. The summed E-state index contributed by atoms with van der Waals surface area (Å²) < 4.78 is 25.4. The first-order valence-electron chi connectivity index (χ1n) is 9.10. The molecule has 0 bridgehead atoms. The standard InChI is InChI=1S/C18H29N3O2S/c1-14-18(12-19-10-8-16-6-4-3-5-7-16)15(2)21(20-14)17-9-11-24(22,23)13-17/h6,17,19H,3-5,7-13H2,1-2H3. The lowest BCUT2D eigenvalue weighted by molar-refractivity contribution is 0.485. The zero-order chi connectivity index (χ0) is 17.2. The van der Waals surface area contributed by atoms with Crippen LogP contribution in [0.1, 0.15) is 61.5 Å². The van der Waals surface area contributed by atoms with E-state index in [-0.39, 0.29) is 11.8 Å². The Kier molecular flexibility index (Phi) is 5.45. The number of nitrogens with zero attached hydrogens (tertiary/aromatic N) is 2. The molecule has 1 aliphatic heterocycles. The molecule has 1 N–H and O–H groups in total. The highest BCUT2D eigenvalue weighted by Gasteiger charge is 2.31. The molecule has 1 saturated heterocycles. The normalized spacial score (nSPS) is 23.4. The Labute approximate surface area is 145 Å². The van der Waals surface area contributed by atoms with Crippen LogP contribution < -0.4 is 5.32 Å². The molecule has 134 valence electrons. The highest BCUT2D eigenvalue weighted by Crippen LogP contribution is 2.26. The van der Waals surface area contributed by atoms with E-state index in [2.05, 4.69) is 23.4 Å². The summed E-state index contributed by atoms with van der Waals surface area (Å²) in [6.45, 7) is 5.89. The van der Waals surface area contributed by atoms with E-state index in [1.165, 1.54) is 31.2 Å². The molecular weight excluding hydrogens is 322 g/mol. The summed E-state index contributed by atoms with van der Waals surface area (Å²) in [6, 6.07) is 0.00912. The second-order valence-corrected chi connectivity index (χ2v) is 9.41. The molecule has 2 heterocycles. The maximum Gasteiger partial charge on any atom is 0.152 e. The van der Waals surface area contributed by atoms with Gasteiger partial charge in [-0.2, -0.15) is 5.10 Å². The van der Waals surface area contributed by atoms with Crippen LogP contribution in [0.25, 0.3) is 0 Å². The Balaban J connectivity index is 1.57. The molecule has 1 atom stereocenters. The first kappa shape index (κ1) is 17.7. The summed E-state index contributed by atoms with van der Waals surface area (Å²) in [6.07, 6.45) is 9.39. The molecule has 0 aromatic carbocycles. The SMILES string of the molecule is Cc1nn(C2CCS(=O)(=O)C2)c(C)c1CNCCC1=CCCCC1. The van der Waals surface area contributed by atoms with Crippen LogP contribution in [0.15, 0.2) is 11.6 Å². The number of allylic oxidation sites excluding steroid dienone is 1. The van der Waals surface area contributed by atoms with Crippen molar-refractivity contribution >= 4 is 9.84 Å². The van der Waals surface area contributed by atoms with Crippen LogP contribution in [-0.4, -0.2) is 36.2 Å². The van der Waals surface area contributed by atoms with Gasteiger partial charge in [0.05, 0.1) is 23.2 Å². The lowest BCUT2D eigenvalue weighted by Gasteiger charge is -2.13. The second-order valence-electron chi connectivity index (χ2n) is 7.19. The molecule has 1 aromatic rings. The fraction of sp³-hybridized carbons (Fsp3) is 0.722. The highest BCUT2D eigenvalue weighted by atomic mass is 32.2. The molecular formula is C18H29N3O2S. The molecule has 1 aromatic heterocycles. The number of hydrogen-bond acceptors (Lipinski definition) is 4. The molecule has 0 radical (unpaired) electrons. The zero-order valence-electron chi connectivity index (χ0n) is 14.8. The summed E-state index contributed by atoms with van der Waals surface area (Å²) in [4.78, 5) is 0. The second kappa shape index (κ2) is 7.40. The van der Waals surface area contributed by atoms with Crippen LogP contribution in [0.2, 0.25) is 0 Å². The summed E-state index contributed by atoms with van der Waals surface area (Å²) in [5.74, 6) is 0.523. The van der Waals surface area contributed by atoms with Gasteiger partial charge in [-0.15, -0.1) is 0 Å². The Morgan fingerprint density at radius 3 is 2.83 bits per heavy atom. The van der Waals surface area contributed by atoms with Gasteiger partial charge in [-0.25, -0.2) is 8.42 Å². The Morgan fingerprint density at radius 2 is 2.17 bits per heavy atom. The van der Waals surface area contributed by atoms with E-state index in [0.29, 0.717) is 12.2 Å². The third-order valence-electron chi connectivity index (χ3n) is 5.34. The average Bonchev–Trinajstić information content (AvgIpc) is 3.05. The molecule has 1 unspecified atom stereocenters. The molecule has 1 aliphatic carbocycles. The Bertz CT molecular complexity index is 719. The van der Waals surface area contributed by atoms with Crippen molar-refractivity contribution < 1.29 is 8.42 Å². The summed E-state index contributed by atoms with van der Waals surface area (Å²) in [5, 5.41) is 8.17. The van der Waals surface area contributed by atoms with Gasteiger partial charge in [-0.3, -0.25) is 4.68 Å². The van der Waals surface area contributed by atoms with E-state index < -0.39 is 9.84 Å². The van der Waals surface area contributed by atoms with Crippen LogP contribution in [0, 0.1) is 13.8 Å². The molecule has 5 nitrogen and oxygen atoms in total. The number of nitrogens with one attached hydrogen (secondary N) is 1. The van der Waals surface area contributed by atoms with E-state index in [9.17, 15) is 8.42 Å². The lowest BCUT2D eigenvalue weighted by Crippen LogP contribution is -2.17. The van der Waals surface area contributed by atoms with Gasteiger partial charge < -0.3 is 5.32 Å². The van der Waals surface area contributed by atoms with Crippen LogP contribution in [0.5, 0.6) is 0 Å². The molecule has 6 heteroatoms. The van der Waals surface area contributed by atoms with Crippen molar-refractivity contribution in [3.63, 3.8) is 0 Å². The molecule has 2 aliphatic rings. The average molecular weight is 352 g/mol. The number of rotatable bonds is 6. The quantitative estimate of drug-likeness (QED) is 0.632. The van der Waals surface area contributed by atoms with Crippen molar-refractivity contribution in [3.05, 3.63) is 28.6 Å². The van der Waals surface area contributed by atoms with Gasteiger partial charge >= 0.3 is 0 Å². The molecule has 3 rings (SSSR count). The first-order valence-corrected chi connectivity index (χ1v) is 10.9. The molecule has 24 heavy (non-hydrogen) atoms. The highest BCUT2D eigenvalue weighted by molar-refractivity contribution is 7.91. The molecule has 1 fully saturated rings. The van der Waals surface area contributed by atoms with Gasteiger partial charge in [0.2, 0.25) is 0 Å². The Hall–Kier alpha value is -1.14. The van der Waals surface area contributed by atoms with Crippen LogP contribution >= 0.6 is 0 Å². The van der Waals surface area contributed by atoms with Crippen LogP contribution in [0.4, 0.5) is 0 Å². The molecule has 0 spiro atoms. The van der Waals surface area contributed by atoms with E-state index in [1.54, 1.807) is 5.57 Å². The Morgan fingerprint density at radius 1 is 1.33 bits per heavy atom. The van der Waals surface area contributed by atoms with Gasteiger partial charge in [0.25, 0.3) is 0 Å². The molecule has 0 amide bonds. The summed E-state index contributed by atoms with van der Waals surface area (Å²) in [7, 11) is -2.88. The molecule has 0 saturated carbocycles. The lowest BCUT2D eigenvalue weighted by atomic mass is 9.97. The van der Waals surface area contributed by atoms with Gasteiger partial charge in [-0.05, 0) is 58.9 Å². The number of aromatic nitrogens is 2. The van der Waals surface area contributed by atoms with Crippen molar-refractivity contribution in [2.45, 2.75) is 65.0 Å². The third-order valence-corrected chi connectivity index (χ3v) is 7.09. The first-order chi connectivity index (χ1) is 11.5. The van der Waals surface area contributed by atoms with Gasteiger partial charge in [0, 0.05) is 17.8 Å². The van der Waals surface area contributed by atoms with E-state index in [1.807, 2.05) is 11.6 Å². The predicted octanol–water partition coefficient (Wildman–Crippen LogP) is 2.84. The van der Waals surface area contributed by atoms with Gasteiger partial charge in [0.1, 0.15) is 0 Å². The van der Waals surface area contributed by atoms with Gasteiger partial charge in [0.15, 0.2) is 9.84 Å². The number of aryl methyl sites for hydroxylation is 1. The van der Waals surface area contributed by atoms with Crippen LogP contribution in [-0.2, 0) is 16.4 Å². The maximum absolute atomic E-state index is 11.7. The topological polar surface area (TPSA) is 64.0 Å². The van der Waals surface area contributed by atoms with Crippen LogP contribution in [0.3, 0.4) is 0 Å². The van der Waals surface area contributed by atoms with Crippen molar-refractivity contribution in [2.75, 3.05) is 18.1 Å². The minimum atomic E-state index is -2.88. The van der Waals surface area contributed by atoms with Crippen molar-refractivity contribution in [3.8, 4) is 0 Å². The van der Waals surface area contributed by atoms with E-state index in [4.69, 9.17) is 0 Å². The fourth-order valence-corrected chi connectivity index (χ4v) is 5.56. The zero-order valence-corrected chi connectivity index (χ0v) is 15.7. The summed E-state index contributed by atoms with van der Waals surface area (Å²) >= 11 is 0. The smallest absolute Gasteiger partial charge is 0.152 e. The third kappa shape index (κ3) is 4.09. The minimum Gasteiger partial charge on any atom is -0.312 e. The van der Waals surface area contributed by atoms with E-state index in [0.717, 1.165) is 30.9 Å². The number of hydrogen-bond donors (Lipinski definition) is 1. The largest absolute Gasteiger partial charge is 0.312 e.